The molecule has 1 fully saturated rings. The molecule has 0 spiro atoms. The summed E-state index contributed by atoms with van der Waals surface area (Å²) in [6, 6.07) is 7.98. The van der Waals surface area contributed by atoms with Gasteiger partial charge in [0.15, 0.2) is 0 Å². The minimum Gasteiger partial charge on any atom is -0.493 e. The van der Waals surface area contributed by atoms with Gasteiger partial charge in [-0.05, 0) is 37.5 Å². The van der Waals surface area contributed by atoms with Gasteiger partial charge in [-0.1, -0.05) is 12.1 Å². The van der Waals surface area contributed by atoms with Crippen LogP contribution in [0.2, 0.25) is 0 Å². The number of nitrogens with zero attached hydrogens (tertiary/aromatic N) is 1. The lowest BCUT2D eigenvalue weighted by atomic mass is 10.0. The second-order valence-corrected chi connectivity index (χ2v) is 5.88. The SMILES string of the molecule is CC1CNCC(C)N1CCc1ccc2c(c1)CCO2. The van der Waals surface area contributed by atoms with Crippen LogP contribution in [0, 0.1) is 0 Å². The predicted molar refractivity (Wildman–Crippen MR) is 77.8 cm³/mol. The fourth-order valence-electron chi connectivity index (χ4n) is 3.26. The predicted octanol–water partition coefficient (Wildman–Crippen LogP) is 1.85. The zero-order valence-electron chi connectivity index (χ0n) is 12.0. The number of piperazine rings is 1. The van der Waals surface area contributed by atoms with Crippen LogP contribution >= 0.6 is 0 Å². The van der Waals surface area contributed by atoms with E-state index in [9.17, 15) is 0 Å². The maximum Gasteiger partial charge on any atom is 0.122 e. The highest BCUT2D eigenvalue weighted by molar-refractivity contribution is 5.39. The van der Waals surface area contributed by atoms with E-state index in [0.717, 1.165) is 44.8 Å². The molecule has 0 aliphatic carbocycles. The smallest absolute Gasteiger partial charge is 0.122 e. The Balaban J connectivity index is 1.62. The number of hydrogen-bond acceptors (Lipinski definition) is 3. The van der Waals surface area contributed by atoms with Gasteiger partial charge < -0.3 is 10.1 Å². The van der Waals surface area contributed by atoms with Crippen molar-refractivity contribution in [2.75, 3.05) is 26.2 Å². The minimum atomic E-state index is 0.640. The number of ether oxygens (including phenoxy) is 1. The zero-order chi connectivity index (χ0) is 13.2. The molecule has 0 radical (unpaired) electrons. The summed E-state index contributed by atoms with van der Waals surface area (Å²) >= 11 is 0. The van der Waals surface area contributed by atoms with E-state index in [-0.39, 0.29) is 0 Å². The van der Waals surface area contributed by atoms with Crippen LogP contribution in [-0.2, 0) is 12.8 Å². The van der Waals surface area contributed by atoms with Gasteiger partial charge in [-0.3, -0.25) is 4.90 Å². The van der Waals surface area contributed by atoms with E-state index in [0.29, 0.717) is 12.1 Å². The average molecular weight is 260 g/mol. The Labute approximate surface area is 115 Å². The van der Waals surface area contributed by atoms with E-state index in [4.69, 9.17) is 4.74 Å². The summed E-state index contributed by atoms with van der Waals surface area (Å²) in [6.45, 7) is 8.87. The van der Waals surface area contributed by atoms with E-state index < -0.39 is 0 Å². The van der Waals surface area contributed by atoms with Crippen LogP contribution < -0.4 is 10.1 Å². The van der Waals surface area contributed by atoms with E-state index in [1.54, 1.807) is 0 Å². The summed E-state index contributed by atoms with van der Waals surface area (Å²) in [5, 5.41) is 3.49. The molecular formula is C16H24N2O. The molecule has 2 atom stereocenters. The first-order valence-electron chi connectivity index (χ1n) is 7.45. The molecule has 0 saturated carbocycles. The summed E-state index contributed by atoms with van der Waals surface area (Å²) in [5.41, 5.74) is 2.83. The van der Waals surface area contributed by atoms with Gasteiger partial charge in [-0.15, -0.1) is 0 Å². The lowest BCUT2D eigenvalue weighted by Gasteiger charge is -2.39. The van der Waals surface area contributed by atoms with Crippen molar-refractivity contribution >= 4 is 0 Å². The second-order valence-electron chi connectivity index (χ2n) is 5.88. The van der Waals surface area contributed by atoms with Crippen molar-refractivity contribution in [3.05, 3.63) is 29.3 Å². The number of fused-ring (bicyclic) bond motifs is 1. The highest BCUT2D eigenvalue weighted by atomic mass is 16.5. The van der Waals surface area contributed by atoms with Gasteiger partial charge in [0.25, 0.3) is 0 Å². The van der Waals surface area contributed by atoms with Crippen LogP contribution in [0.3, 0.4) is 0 Å². The van der Waals surface area contributed by atoms with Crippen molar-refractivity contribution in [1.82, 2.24) is 10.2 Å². The zero-order valence-corrected chi connectivity index (χ0v) is 12.0. The lowest BCUT2D eigenvalue weighted by molar-refractivity contribution is 0.118. The fourth-order valence-corrected chi connectivity index (χ4v) is 3.26. The van der Waals surface area contributed by atoms with Crippen molar-refractivity contribution in [3.63, 3.8) is 0 Å². The molecule has 0 aromatic heterocycles. The highest BCUT2D eigenvalue weighted by Crippen LogP contribution is 2.26. The third kappa shape index (κ3) is 2.77. The Morgan fingerprint density at radius 3 is 2.84 bits per heavy atom. The third-order valence-electron chi connectivity index (χ3n) is 4.42. The number of rotatable bonds is 3. The van der Waals surface area contributed by atoms with Crippen molar-refractivity contribution in [1.29, 1.82) is 0 Å². The van der Waals surface area contributed by atoms with Gasteiger partial charge in [0.1, 0.15) is 5.75 Å². The molecule has 2 aliphatic rings. The monoisotopic (exact) mass is 260 g/mol. The van der Waals surface area contributed by atoms with Crippen LogP contribution in [0.4, 0.5) is 0 Å². The summed E-state index contributed by atoms with van der Waals surface area (Å²) < 4.78 is 5.56. The first-order chi connectivity index (χ1) is 9.24. The van der Waals surface area contributed by atoms with E-state index in [2.05, 4.69) is 42.3 Å². The molecule has 104 valence electrons. The molecule has 2 unspecified atom stereocenters. The lowest BCUT2D eigenvalue weighted by Crippen LogP contribution is -2.55. The summed E-state index contributed by atoms with van der Waals surface area (Å²) in [4.78, 5) is 2.63. The molecule has 0 bridgehead atoms. The van der Waals surface area contributed by atoms with Crippen molar-refractivity contribution < 1.29 is 4.74 Å². The molecular weight excluding hydrogens is 236 g/mol. The second kappa shape index (κ2) is 5.51. The van der Waals surface area contributed by atoms with Crippen molar-refractivity contribution in [3.8, 4) is 5.75 Å². The molecule has 1 aromatic carbocycles. The fraction of sp³-hybridized carbons (Fsp3) is 0.625. The molecule has 3 heteroatoms. The van der Waals surface area contributed by atoms with Crippen molar-refractivity contribution in [2.45, 2.75) is 38.8 Å². The molecule has 1 saturated heterocycles. The molecule has 19 heavy (non-hydrogen) atoms. The van der Waals surface area contributed by atoms with E-state index >= 15 is 0 Å². The molecule has 0 amide bonds. The maximum absolute atomic E-state index is 5.56. The molecule has 2 aliphatic heterocycles. The summed E-state index contributed by atoms with van der Waals surface area (Å²) in [5.74, 6) is 1.09. The van der Waals surface area contributed by atoms with Crippen LogP contribution in [0.1, 0.15) is 25.0 Å². The van der Waals surface area contributed by atoms with Gasteiger partial charge in [-0.25, -0.2) is 0 Å². The highest BCUT2D eigenvalue weighted by Gasteiger charge is 2.23. The van der Waals surface area contributed by atoms with Crippen LogP contribution in [0.15, 0.2) is 18.2 Å². The van der Waals surface area contributed by atoms with Crippen LogP contribution in [0.25, 0.3) is 0 Å². The minimum absolute atomic E-state index is 0.640. The third-order valence-corrected chi connectivity index (χ3v) is 4.42. The summed E-state index contributed by atoms with van der Waals surface area (Å²) in [7, 11) is 0. The quantitative estimate of drug-likeness (QED) is 0.897. The van der Waals surface area contributed by atoms with Gasteiger partial charge in [0, 0.05) is 38.1 Å². The van der Waals surface area contributed by atoms with E-state index in [1.807, 2.05) is 0 Å². The molecule has 1 aromatic rings. The first-order valence-corrected chi connectivity index (χ1v) is 7.45. The standard InChI is InChI=1S/C16H24N2O/c1-12-10-17-11-13(2)18(12)7-5-14-3-4-16-15(9-14)6-8-19-16/h3-4,9,12-13,17H,5-8,10-11H2,1-2H3. The molecule has 2 heterocycles. The van der Waals surface area contributed by atoms with E-state index in [1.165, 1.54) is 11.1 Å². The normalized spacial score (nSPS) is 27.1. The Morgan fingerprint density at radius 1 is 1.26 bits per heavy atom. The Hall–Kier alpha value is -1.06. The Bertz CT molecular complexity index is 436. The van der Waals surface area contributed by atoms with Crippen LogP contribution in [-0.4, -0.2) is 43.2 Å². The molecule has 1 N–H and O–H groups in total. The number of benzene rings is 1. The van der Waals surface area contributed by atoms with Gasteiger partial charge >= 0.3 is 0 Å². The van der Waals surface area contributed by atoms with Gasteiger partial charge in [-0.2, -0.15) is 0 Å². The maximum atomic E-state index is 5.56. The van der Waals surface area contributed by atoms with Gasteiger partial charge in [0.05, 0.1) is 6.61 Å². The molecule has 3 nitrogen and oxygen atoms in total. The van der Waals surface area contributed by atoms with Gasteiger partial charge in [0.2, 0.25) is 0 Å². The number of hydrogen-bond donors (Lipinski definition) is 1. The Morgan fingerprint density at radius 2 is 2.05 bits per heavy atom. The Kier molecular flexibility index (Phi) is 3.76. The topological polar surface area (TPSA) is 24.5 Å². The molecule has 3 rings (SSSR count). The average Bonchev–Trinajstić information content (AvgIpc) is 2.85. The first kappa shape index (κ1) is 12.9. The largest absolute Gasteiger partial charge is 0.493 e. The van der Waals surface area contributed by atoms with Crippen LogP contribution in [0.5, 0.6) is 5.75 Å². The summed E-state index contributed by atoms with van der Waals surface area (Å²) in [6.07, 6.45) is 2.21. The number of nitrogens with one attached hydrogen (secondary N) is 1. The van der Waals surface area contributed by atoms with Crippen molar-refractivity contribution in [2.24, 2.45) is 0 Å².